The van der Waals surface area contributed by atoms with Crippen LogP contribution >= 0.6 is 11.3 Å². The van der Waals surface area contributed by atoms with E-state index in [2.05, 4.69) is 30.1 Å². The summed E-state index contributed by atoms with van der Waals surface area (Å²) in [6.45, 7) is 4.10. The van der Waals surface area contributed by atoms with Crippen LogP contribution in [-0.4, -0.2) is 10.1 Å². The third-order valence-corrected chi connectivity index (χ3v) is 4.36. The molecule has 5 heteroatoms. The Balaban J connectivity index is 2.01. The number of hydrogen-bond acceptors (Lipinski definition) is 5. The topological polar surface area (TPSA) is 62.7 Å². The summed E-state index contributed by atoms with van der Waals surface area (Å²) >= 11 is 1.43. The second-order valence-corrected chi connectivity index (χ2v) is 6.11. The number of thiophene rings is 1. The van der Waals surface area contributed by atoms with E-state index in [4.69, 9.17) is 9.78 Å². The van der Waals surface area contributed by atoms with E-state index in [1.165, 1.54) is 11.3 Å². The van der Waals surface area contributed by atoms with Gasteiger partial charge in [0.15, 0.2) is 5.82 Å². The van der Waals surface area contributed by atoms with E-state index in [0.29, 0.717) is 17.3 Å². The second kappa shape index (κ2) is 5.15. The average molecular weight is 295 g/mol. The lowest BCUT2D eigenvalue weighted by Gasteiger charge is -2.20. The molecule has 4 nitrogen and oxygen atoms in total. The number of hydrogen-bond donors (Lipinski definition) is 0. The maximum absolute atomic E-state index is 9.08. The van der Waals surface area contributed by atoms with Gasteiger partial charge in [-0.3, -0.25) is 0 Å². The molecule has 2 heterocycles. The molecule has 3 aromatic rings. The van der Waals surface area contributed by atoms with Crippen molar-refractivity contribution in [1.82, 2.24) is 10.1 Å². The van der Waals surface area contributed by atoms with Gasteiger partial charge in [0.25, 0.3) is 5.89 Å². The van der Waals surface area contributed by atoms with Crippen LogP contribution in [0.25, 0.3) is 10.8 Å². The van der Waals surface area contributed by atoms with E-state index in [-0.39, 0.29) is 5.41 Å². The molecule has 0 unspecified atom stereocenters. The molecule has 0 N–H and O–H groups in total. The molecule has 2 aromatic heterocycles. The molecular weight excluding hydrogens is 282 g/mol. The lowest BCUT2D eigenvalue weighted by atomic mass is 9.84. The van der Waals surface area contributed by atoms with Crippen molar-refractivity contribution in [3.63, 3.8) is 0 Å². The van der Waals surface area contributed by atoms with Crippen molar-refractivity contribution in [3.8, 4) is 16.8 Å². The molecule has 0 aliphatic carbocycles. The summed E-state index contributed by atoms with van der Waals surface area (Å²) < 4.78 is 5.36. The Kier molecular flexibility index (Phi) is 3.32. The van der Waals surface area contributed by atoms with Gasteiger partial charge in [0.1, 0.15) is 10.9 Å². The number of benzene rings is 1. The SMILES string of the molecule is CC(C)(c1ccccc1)c1noc(-c2sccc2C#N)n1. The molecule has 0 spiro atoms. The lowest BCUT2D eigenvalue weighted by molar-refractivity contribution is 0.408. The zero-order valence-electron chi connectivity index (χ0n) is 11.7. The molecule has 0 radical (unpaired) electrons. The van der Waals surface area contributed by atoms with Crippen LogP contribution in [0.5, 0.6) is 0 Å². The maximum atomic E-state index is 9.08. The standard InChI is InChI=1S/C16H13N3OS/c1-16(2,12-6-4-3-5-7-12)15-18-14(20-19-15)13-11(10-17)8-9-21-13/h3-9H,1-2H3. The minimum atomic E-state index is -0.354. The first kappa shape index (κ1) is 13.5. The Morgan fingerprint density at radius 3 is 2.67 bits per heavy atom. The van der Waals surface area contributed by atoms with Crippen molar-refractivity contribution >= 4 is 11.3 Å². The fourth-order valence-electron chi connectivity index (χ4n) is 2.12. The monoisotopic (exact) mass is 295 g/mol. The molecule has 0 atom stereocenters. The molecule has 0 bridgehead atoms. The largest absolute Gasteiger partial charge is 0.333 e. The van der Waals surface area contributed by atoms with Gasteiger partial charge in [0.05, 0.1) is 11.0 Å². The molecular formula is C16H13N3OS. The van der Waals surface area contributed by atoms with Gasteiger partial charge in [-0.2, -0.15) is 10.2 Å². The Hall–Kier alpha value is -2.45. The third-order valence-electron chi connectivity index (χ3n) is 3.46. The first-order chi connectivity index (χ1) is 10.1. The van der Waals surface area contributed by atoms with Gasteiger partial charge in [0.2, 0.25) is 0 Å². The Morgan fingerprint density at radius 2 is 1.95 bits per heavy atom. The van der Waals surface area contributed by atoms with E-state index >= 15 is 0 Å². The maximum Gasteiger partial charge on any atom is 0.269 e. The minimum absolute atomic E-state index is 0.354. The van der Waals surface area contributed by atoms with E-state index in [1.54, 1.807) is 6.07 Å². The number of nitriles is 1. The summed E-state index contributed by atoms with van der Waals surface area (Å²) in [5, 5.41) is 15.0. The molecule has 0 fully saturated rings. The molecule has 1 aromatic carbocycles. The highest BCUT2D eigenvalue weighted by Gasteiger charge is 2.29. The quantitative estimate of drug-likeness (QED) is 0.732. The summed E-state index contributed by atoms with van der Waals surface area (Å²) in [4.78, 5) is 5.21. The predicted octanol–water partition coefficient (Wildman–Crippen LogP) is 4.00. The normalized spacial score (nSPS) is 11.3. The summed E-state index contributed by atoms with van der Waals surface area (Å²) in [6, 6.07) is 13.9. The predicted molar refractivity (Wildman–Crippen MR) is 80.9 cm³/mol. The van der Waals surface area contributed by atoms with Crippen LogP contribution in [0, 0.1) is 11.3 Å². The number of aromatic nitrogens is 2. The molecule has 21 heavy (non-hydrogen) atoms. The molecule has 0 amide bonds. The highest BCUT2D eigenvalue weighted by Crippen LogP contribution is 2.33. The van der Waals surface area contributed by atoms with Crippen LogP contribution in [0.15, 0.2) is 46.3 Å². The van der Waals surface area contributed by atoms with Crippen molar-refractivity contribution in [1.29, 1.82) is 5.26 Å². The van der Waals surface area contributed by atoms with Crippen molar-refractivity contribution in [2.24, 2.45) is 0 Å². The van der Waals surface area contributed by atoms with Crippen LogP contribution in [0.3, 0.4) is 0 Å². The van der Waals surface area contributed by atoms with Crippen molar-refractivity contribution < 1.29 is 4.52 Å². The van der Waals surface area contributed by atoms with E-state index in [1.807, 2.05) is 35.7 Å². The average Bonchev–Trinajstić information content (AvgIpc) is 3.16. The van der Waals surface area contributed by atoms with Gasteiger partial charge < -0.3 is 4.52 Å². The van der Waals surface area contributed by atoms with Gasteiger partial charge >= 0.3 is 0 Å². The van der Waals surface area contributed by atoms with E-state index in [9.17, 15) is 0 Å². The number of rotatable bonds is 3. The third kappa shape index (κ3) is 2.34. The Bertz CT molecular complexity index is 796. The fourth-order valence-corrected chi connectivity index (χ4v) is 2.88. The first-order valence-corrected chi connectivity index (χ1v) is 7.38. The van der Waals surface area contributed by atoms with Gasteiger partial charge in [-0.25, -0.2) is 0 Å². The van der Waals surface area contributed by atoms with E-state index in [0.717, 1.165) is 10.4 Å². The Labute approximate surface area is 126 Å². The van der Waals surface area contributed by atoms with Gasteiger partial charge in [-0.05, 0) is 30.9 Å². The van der Waals surface area contributed by atoms with Crippen molar-refractivity contribution in [3.05, 3.63) is 58.7 Å². The van der Waals surface area contributed by atoms with Crippen LogP contribution in [-0.2, 0) is 5.41 Å². The first-order valence-electron chi connectivity index (χ1n) is 6.50. The fraction of sp³-hybridized carbons (Fsp3) is 0.188. The summed E-state index contributed by atoms with van der Waals surface area (Å²) in [6.07, 6.45) is 0. The zero-order valence-corrected chi connectivity index (χ0v) is 12.5. The van der Waals surface area contributed by atoms with Gasteiger partial charge in [0, 0.05) is 0 Å². The molecule has 0 aliphatic heterocycles. The summed E-state index contributed by atoms with van der Waals surface area (Å²) in [5.41, 5.74) is 1.32. The zero-order chi connectivity index (χ0) is 14.9. The summed E-state index contributed by atoms with van der Waals surface area (Å²) in [5.74, 6) is 1.02. The highest BCUT2D eigenvalue weighted by molar-refractivity contribution is 7.13. The van der Waals surface area contributed by atoms with Crippen LogP contribution in [0.1, 0.15) is 30.8 Å². The van der Waals surface area contributed by atoms with E-state index < -0.39 is 0 Å². The molecule has 0 saturated carbocycles. The highest BCUT2D eigenvalue weighted by atomic mass is 32.1. The molecule has 0 saturated heterocycles. The Morgan fingerprint density at radius 1 is 1.19 bits per heavy atom. The van der Waals surface area contributed by atoms with Crippen LogP contribution < -0.4 is 0 Å². The van der Waals surface area contributed by atoms with Gasteiger partial charge in [-0.15, -0.1) is 11.3 Å². The second-order valence-electron chi connectivity index (χ2n) is 5.19. The number of nitrogens with zero attached hydrogens (tertiary/aromatic N) is 3. The van der Waals surface area contributed by atoms with Crippen LogP contribution in [0.4, 0.5) is 0 Å². The van der Waals surface area contributed by atoms with Crippen molar-refractivity contribution in [2.75, 3.05) is 0 Å². The molecule has 0 aliphatic rings. The molecule has 3 rings (SSSR count). The lowest BCUT2D eigenvalue weighted by Crippen LogP contribution is -2.20. The smallest absolute Gasteiger partial charge is 0.269 e. The van der Waals surface area contributed by atoms with Crippen molar-refractivity contribution in [2.45, 2.75) is 19.3 Å². The van der Waals surface area contributed by atoms with Crippen LogP contribution in [0.2, 0.25) is 0 Å². The molecule has 104 valence electrons. The summed E-state index contributed by atoms with van der Waals surface area (Å²) in [7, 11) is 0. The minimum Gasteiger partial charge on any atom is -0.333 e. The van der Waals surface area contributed by atoms with Gasteiger partial charge in [-0.1, -0.05) is 35.5 Å².